The molecule has 3 rings (SSSR count). The van der Waals surface area contributed by atoms with Gasteiger partial charge in [0, 0.05) is 32.1 Å². The first kappa shape index (κ1) is 21.2. The summed E-state index contributed by atoms with van der Waals surface area (Å²) in [7, 11) is 0. The van der Waals surface area contributed by atoms with Crippen LogP contribution in [0.25, 0.3) is 10.8 Å². The van der Waals surface area contributed by atoms with Gasteiger partial charge in [0.1, 0.15) is 0 Å². The molecule has 0 aliphatic carbocycles. The Morgan fingerprint density at radius 1 is 1.11 bits per heavy atom. The number of nitrogens with two attached hydrogens (primary N) is 1. The molecule has 2 aromatic rings. The van der Waals surface area contributed by atoms with Crippen molar-refractivity contribution in [1.29, 1.82) is 0 Å². The number of halogens is 1. The predicted molar refractivity (Wildman–Crippen MR) is 111 cm³/mol. The minimum atomic E-state index is -0.0417. The summed E-state index contributed by atoms with van der Waals surface area (Å²) >= 11 is 0. The molecule has 2 aromatic carbocycles. The number of nitrogens with zero attached hydrogens (tertiary/aromatic N) is 1. The molecule has 1 aliphatic heterocycles. The van der Waals surface area contributed by atoms with Gasteiger partial charge in [-0.3, -0.25) is 9.59 Å². The number of nitrogens with one attached hydrogen (secondary N) is 1. The molecule has 2 amide bonds. The fourth-order valence-corrected chi connectivity index (χ4v) is 3.62. The standard InChI is InChI=1S/C21H27N3O2.ClH/c22-11-10-20(25)23-15-19-7-3-4-12-24(19)21(26)14-16-8-9-17-5-1-2-6-18(17)13-16;/h1-2,5-6,8-9,13,19H,3-4,7,10-12,14-15,22H2,(H,23,25);1H. The second kappa shape index (κ2) is 10.3. The van der Waals surface area contributed by atoms with E-state index in [1.165, 1.54) is 5.39 Å². The average Bonchev–Trinajstić information content (AvgIpc) is 2.66. The smallest absolute Gasteiger partial charge is 0.227 e. The highest BCUT2D eigenvalue weighted by Crippen LogP contribution is 2.20. The van der Waals surface area contributed by atoms with E-state index in [-0.39, 0.29) is 30.3 Å². The first-order chi connectivity index (χ1) is 12.7. The molecule has 1 saturated heterocycles. The lowest BCUT2D eigenvalue weighted by Gasteiger charge is -2.36. The zero-order valence-electron chi connectivity index (χ0n) is 15.5. The van der Waals surface area contributed by atoms with E-state index in [2.05, 4.69) is 29.6 Å². The molecule has 3 N–H and O–H groups in total. The molecule has 27 heavy (non-hydrogen) atoms. The molecule has 1 unspecified atom stereocenters. The van der Waals surface area contributed by atoms with E-state index in [1.54, 1.807) is 0 Å². The number of rotatable bonds is 6. The van der Waals surface area contributed by atoms with Gasteiger partial charge < -0.3 is 16.0 Å². The normalized spacial score (nSPS) is 16.6. The maximum Gasteiger partial charge on any atom is 0.227 e. The number of amides is 2. The highest BCUT2D eigenvalue weighted by molar-refractivity contribution is 5.86. The number of piperidine rings is 1. The number of likely N-dealkylation sites (tertiary alicyclic amines) is 1. The number of carbonyl (C=O) groups is 2. The van der Waals surface area contributed by atoms with Gasteiger partial charge in [0.2, 0.25) is 11.8 Å². The molecule has 0 spiro atoms. The molecule has 1 heterocycles. The molecule has 1 aliphatic rings. The molecule has 5 nitrogen and oxygen atoms in total. The van der Waals surface area contributed by atoms with Gasteiger partial charge in [0.25, 0.3) is 0 Å². The Morgan fingerprint density at radius 2 is 1.89 bits per heavy atom. The number of carbonyl (C=O) groups excluding carboxylic acids is 2. The molecule has 0 radical (unpaired) electrons. The second-order valence-corrected chi connectivity index (χ2v) is 6.94. The van der Waals surface area contributed by atoms with Crippen molar-refractivity contribution in [1.82, 2.24) is 10.2 Å². The van der Waals surface area contributed by atoms with Crippen LogP contribution in [0.2, 0.25) is 0 Å². The highest BCUT2D eigenvalue weighted by Gasteiger charge is 2.26. The Hall–Kier alpha value is -2.11. The van der Waals surface area contributed by atoms with Gasteiger partial charge in [0.05, 0.1) is 6.42 Å². The highest BCUT2D eigenvalue weighted by atomic mass is 35.5. The Bertz CT molecular complexity index is 781. The van der Waals surface area contributed by atoms with Crippen LogP contribution in [-0.4, -0.2) is 42.4 Å². The third-order valence-electron chi connectivity index (χ3n) is 5.02. The van der Waals surface area contributed by atoms with Crippen LogP contribution in [0.4, 0.5) is 0 Å². The van der Waals surface area contributed by atoms with Crippen molar-refractivity contribution in [2.75, 3.05) is 19.6 Å². The van der Waals surface area contributed by atoms with E-state index >= 15 is 0 Å². The maximum absolute atomic E-state index is 12.9. The van der Waals surface area contributed by atoms with Crippen LogP contribution in [0.15, 0.2) is 42.5 Å². The van der Waals surface area contributed by atoms with Crippen molar-refractivity contribution in [3.05, 3.63) is 48.0 Å². The summed E-state index contributed by atoms with van der Waals surface area (Å²) in [4.78, 5) is 26.5. The van der Waals surface area contributed by atoms with Crippen LogP contribution in [0.5, 0.6) is 0 Å². The van der Waals surface area contributed by atoms with E-state index in [9.17, 15) is 9.59 Å². The van der Waals surface area contributed by atoms with Gasteiger partial charge in [-0.05, 0) is 35.6 Å². The topological polar surface area (TPSA) is 75.4 Å². The van der Waals surface area contributed by atoms with E-state index < -0.39 is 0 Å². The lowest BCUT2D eigenvalue weighted by atomic mass is 9.99. The van der Waals surface area contributed by atoms with Crippen LogP contribution in [-0.2, 0) is 16.0 Å². The van der Waals surface area contributed by atoms with Crippen LogP contribution >= 0.6 is 12.4 Å². The molecule has 0 saturated carbocycles. The van der Waals surface area contributed by atoms with Crippen molar-refractivity contribution < 1.29 is 9.59 Å². The maximum atomic E-state index is 12.9. The number of fused-ring (bicyclic) bond motifs is 1. The third-order valence-corrected chi connectivity index (χ3v) is 5.02. The van der Waals surface area contributed by atoms with Gasteiger partial charge in [-0.2, -0.15) is 0 Å². The van der Waals surface area contributed by atoms with Crippen molar-refractivity contribution in [3.8, 4) is 0 Å². The molecule has 6 heteroatoms. The van der Waals surface area contributed by atoms with Gasteiger partial charge in [-0.15, -0.1) is 12.4 Å². The molecule has 0 aromatic heterocycles. The lowest BCUT2D eigenvalue weighted by Crippen LogP contribution is -2.50. The Balaban J connectivity index is 0.00000261. The zero-order chi connectivity index (χ0) is 18.4. The Labute approximate surface area is 166 Å². The monoisotopic (exact) mass is 389 g/mol. The van der Waals surface area contributed by atoms with Gasteiger partial charge >= 0.3 is 0 Å². The van der Waals surface area contributed by atoms with Gasteiger partial charge in [-0.25, -0.2) is 0 Å². The molecule has 0 bridgehead atoms. The predicted octanol–water partition coefficient (Wildman–Crippen LogP) is 2.65. The van der Waals surface area contributed by atoms with Crippen molar-refractivity contribution in [3.63, 3.8) is 0 Å². The largest absolute Gasteiger partial charge is 0.354 e. The summed E-state index contributed by atoms with van der Waals surface area (Å²) in [6, 6.07) is 14.4. The molecule has 1 atom stereocenters. The summed E-state index contributed by atoms with van der Waals surface area (Å²) in [5.74, 6) is 0.0954. The van der Waals surface area contributed by atoms with E-state index in [4.69, 9.17) is 5.73 Å². The lowest BCUT2D eigenvalue weighted by molar-refractivity contribution is -0.134. The van der Waals surface area contributed by atoms with Crippen molar-refractivity contribution >= 4 is 35.0 Å². The average molecular weight is 390 g/mol. The number of hydrogen-bond donors (Lipinski definition) is 2. The summed E-state index contributed by atoms with van der Waals surface area (Å²) in [6.07, 6.45) is 3.79. The SMILES string of the molecule is Cl.NCCC(=O)NCC1CCCCN1C(=O)Cc1ccc2ccccc2c1. The quantitative estimate of drug-likeness (QED) is 0.797. The van der Waals surface area contributed by atoms with Crippen molar-refractivity contribution in [2.24, 2.45) is 5.73 Å². The minimum absolute atomic E-state index is 0. The number of hydrogen-bond acceptors (Lipinski definition) is 3. The van der Waals surface area contributed by atoms with Crippen LogP contribution in [0.3, 0.4) is 0 Å². The fourth-order valence-electron chi connectivity index (χ4n) is 3.62. The second-order valence-electron chi connectivity index (χ2n) is 6.94. The minimum Gasteiger partial charge on any atom is -0.354 e. The summed E-state index contributed by atoms with van der Waals surface area (Å²) in [6.45, 7) is 1.63. The van der Waals surface area contributed by atoms with Crippen molar-refractivity contribution in [2.45, 2.75) is 38.1 Å². The Kier molecular flexibility index (Phi) is 8.07. The number of benzene rings is 2. The summed E-state index contributed by atoms with van der Waals surface area (Å²) in [5.41, 5.74) is 6.45. The molecular weight excluding hydrogens is 362 g/mol. The van der Waals surface area contributed by atoms with E-state index in [0.717, 1.165) is 36.8 Å². The fraction of sp³-hybridized carbons (Fsp3) is 0.429. The van der Waals surface area contributed by atoms with Gasteiger partial charge in [-0.1, -0.05) is 42.5 Å². The van der Waals surface area contributed by atoms with Crippen LogP contribution in [0, 0.1) is 0 Å². The molecule has 1 fully saturated rings. The third kappa shape index (κ3) is 5.68. The zero-order valence-corrected chi connectivity index (χ0v) is 16.3. The summed E-state index contributed by atoms with van der Waals surface area (Å²) in [5, 5.41) is 5.25. The first-order valence-corrected chi connectivity index (χ1v) is 9.41. The van der Waals surface area contributed by atoms with Gasteiger partial charge in [0.15, 0.2) is 0 Å². The molecule has 146 valence electrons. The van der Waals surface area contributed by atoms with Crippen LogP contribution in [0.1, 0.15) is 31.2 Å². The van der Waals surface area contributed by atoms with Crippen LogP contribution < -0.4 is 11.1 Å². The first-order valence-electron chi connectivity index (χ1n) is 9.41. The molecular formula is C21H28ClN3O2. The van der Waals surface area contributed by atoms with E-state index in [1.807, 2.05) is 23.1 Å². The van der Waals surface area contributed by atoms with E-state index in [0.29, 0.717) is 25.9 Å². The summed E-state index contributed by atoms with van der Waals surface area (Å²) < 4.78 is 0. The Morgan fingerprint density at radius 3 is 2.67 bits per heavy atom.